The van der Waals surface area contributed by atoms with Crippen LogP contribution in [0.15, 0.2) is 36.4 Å². The van der Waals surface area contributed by atoms with Crippen LogP contribution in [-0.4, -0.2) is 18.6 Å². The van der Waals surface area contributed by atoms with E-state index in [0.29, 0.717) is 20.8 Å². The van der Waals surface area contributed by atoms with E-state index >= 15 is 0 Å². The van der Waals surface area contributed by atoms with Crippen molar-refractivity contribution in [3.8, 4) is 5.75 Å². The Morgan fingerprint density at radius 1 is 1.08 bits per heavy atom. The third kappa shape index (κ3) is 5.99. The topological polar surface area (TPSA) is 50.4 Å². The second-order valence-corrected chi connectivity index (χ2v) is 6.73. The average Bonchev–Trinajstić information content (AvgIpc) is 2.59. The molecule has 0 fully saturated rings. The number of halogens is 3. The summed E-state index contributed by atoms with van der Waals surface area (Å²) in [5.74, 6) is 0.548. The van der Waals surface area contributed by atoms with E-state index in [9.17, 15) is 4.79 Å². The first-order valence-electron chi connectivity index (χ1n) is 7.84. The summed E-state index contributed by atoms with van der Waals surface area (Å²) in [7, 11) is 0. The van der Waals surface area contributed by atoms with Crippen LogP contribution in [0.4, 0.5) is 11.4 Å². The Balaban J connectivity index is 1.89. The van der Waals surface area contributed by atoms with Crippen molar-refractivity contribution in [3.05, 3.63) is 51.5 Å². The maximum Gasteiger partial charge on any atom is 0.243 e. The summed E-state index contributed by atoms with van der Waals surface area (Å²) in [4.78, 5) is 12.1. The number of rotatable bonds is 7. The molecule has 0 bridgehead atoms. The predicted molar refractivity (Wildman–Crippen MR) is 105 cm³/mol. The third-order valence-corrected chi connectivity index (χ3v) is 4.54. The second-order valence-electron chi connectivity index (χ2n) is 5.51. The molecule has 0 saturated heterocycles. The van der Waals surface area contributed by atoms with E-state index in [1.807, 2.05) is 31.2 Å². The van der Waals surface area contributed by atoms with Crippen molar-refractivity contribution >= 4 is 52.1 Å². The monoisotopic (exact) mass is 400 g/mol. The van der Waals surface area contributed by atoms with E-state index in [-0.39, 0.29) is 18.6 Å². The zero-order chi connectivity index (χ0) is 18.4. The van der Waals surface area contributed by atoms with Gasteiger partial charge in [-0.1, -0.05) is 41.7 Å². The van der Waals surface area contributed by atoms with Crippen molar-refractivity contribution in [2.45, 2.75) is 26.4 Å². The summed E-state index contributed by atoms with van der Waals surface area (Å²) >= 11 is 17.8. The van der Waals surface area contributed by atoms with Crippen LogP contribution in [0.25, 0.3) is 0 Å². The van der Waals surface area contributed by atoms with Gasteiger partial charge in [-0.3, -0.25) is 4.79 Å². The largest absolute Gasteiger partial charge is 0.491 e. The molecular weight excluding hydrogens is 383 g/mol. The van der Waals surface area contributed by atoms with Crippen molar-refractivity contribution in [3.63, 3.8) is 0 Å². The lowest BCUT2D eigenvalue weighted by molar-refractivity contribution is -0.114. The number of anilines is 2. The van der Waals surface area contributed by atoms with Crippen molar-refractivity contribution in [1.82, 2.24) is 0 Å². The molecule has 7 heteroatoms. The SMILES string of the molecule is CCC(C)Oc1ccc(NCC(=O)Nc2cc(Cl)c(Cl)cc2Cl)cc1. The van der Waals surface area contributed by atoms with Gasteiger partial charge >= 0.3 is 0 Å². The maximum absolute atomic E-state index is 12.1. The lowest BCUT2D eigenvalue weighted by atomic mass is 10.2. The molecule has 2 rings (SSSR count). The Hall–Kier alpha value is -1.62. The van der Waals surface area contributed by atoms with Gasteiger partial charge in [0.1, 0.15) is 5.75 Å². The maximum atomic E-state index is 12.1. The van der Waals surface area contributed by atoms with Crippen molar-refractivity contribution in [2.75, 3.05) is 17.2 Å². The molecule has 2 aromatic rings. The molecular formula is C18H19Cl3N2O2. The summed E-state index contributed by atoms with van der Waals surface area (Å²) in [6.07, 6.45) is 1.11. The predicted octanol–water partition coefficient (Wildman–Crippen LogP) is 5.87. The fourth-order valence-corrected chi connectivity index (χ4v) is 2.56. The normalized spacial score (nSPS) is 11.7. The number of hydrogen-bond donors (Lipinski definition) is 2. The van der Waals surface area contributed by atoms with Crippen LogP contribution in [0.1, 0.15) is 20.3 Å². The first-order valence-corrected chi connectivity index (χ1v) is 8.97. The molecule has 0 aliphatic rings. The Morgan fingerprint density at radius 3 is 2.36 bits per heavy atom. The highest BCUT2D eigenvalue weighted by Crippen LogP contribution is 2.32. The molecule has 0 aliphatic heterocycles. The van der Waals surface area contributed by atoms with Crippen molar-refractivity contribution in [1.29, 1.82) is 0 Å². The lowest BCUT2D eigenvalue weighted by Crippen LogP contribution is -2.21. The third-order valence-electron chi connectivity index (χ3n) is 3.50. The number of carbonyl (C=O) groups is 1. The van der Waals surface area contributed by atoms with Crippen LogP contribution in [0.3, 0.4) is 0 Å². The fourth-order valence-electron chi connectivity index (χ4n) is 1.96. The minimum absolute atomic E-state index is 0.0855. The molecule has 0 aromatic heterocycles. The molecule has 0 radical (unpaired) electrons. The van der Waals surface area contributed by atoms with Gasteiger partial charge < -0.3 is 15.4 Å². The van der Waals surface area contributed by atoms with Gasteiger partial charge in [-0.25, -0.2) is 0 Å². The molecule has 1 unspecified atom stereocenters. The van der Waals surface area contributed by atoms with Gasteiger partial charge in [0.2, 0.25) is 5.91 Å². The number of carbonyl (C=O) groups excluding carboxylic acids is 1. The zero-order valence-corrected chi connectivity index (χ0v) is 16.2. The highest BCUT2D eigenvalue weighted by Gasteiger charge is 2.09. The molecule has 0 saturated carbocycles. The molecule has 0 heterocycles. The van der Waals surface area contributed by atoms with Crippen molar-refractivity contribution < 1.29 is 9.53 Å². The van der Waals surface area contributed by atoms with Crippen LogP contribution >= 0.6 is 34.8 Å². The highest BCUT2D eigenvalue weighted by atomic mass is 35.5. The Kier molecular flexibility index (Phi) is 7.24. The van der Waals surface area contributed by atoms with Crippen LogP contribution in [0.5, 0.6) is 5.75 Å². The summed E-state index contributed by atoms with van der Waals surface area (Å²) in [6.45, 7) is 4.17. The van der Waals surface area contributed by atoms with E-state index in [1.54, 1.807) is 0 Å². The van der Waals surface area contributed by atoms with E-state index in [4.69, 9.17) is 39.5 Å². The average molecular weight is 402 g/mol. The molecule has 0 aliphatic carbocycles. The number of amides is 1. The van der Waals surface area contributed by atoms with Gasteiger partial charge in [-0.15, -0.1) is 0 Å². The quantitative estimate of drug-likeness (QED) is 0.570. The number of benzene rings is 2. The van der Waals surface area contributed by atoms with Gasteiger partial charge in [0.15, 0.2) is 0 Å². The fraction of sp³-hybridized carbons (Fsp3) is 0.278. The molecule has 25 heavy (non-hydrogen) atoms. The van der Waals surface area contributed by atoms with Gasteiger partial charge in [-0.2, -0.15) is 0 Å². The smallest absolute Gasteiger partial charge is 0.243 e. The van der Waals surface area contributed by atoms with E-state index < -0.39 is 0 Å². The summed E-state index contributed by atoms with van der Waals surface area (Å²) in [5.41, 5.74) is 1.23. The molecule has 1 amide bonds. The standard InChI is InChI=1S/C18H19Cl3N2O2/c1-3-11(2)25-13-6-4-12(5-7-13)22-10-18(24)23-17-9-15(20)14(19)8-16(17)21/h4-9,11,22H,3,10H2,1-2H3,(H,23,24). The van der Waals surface area contributed by atoms with Gasteiger partial charge in [0.05, 0.1) is 33.4 Å². The van der Waals surface area contributed by atoms with Crippen molar-refractivity contribution in [2.24, 2.45) is 0 Å². The lowest BCUT2D eigenvalue weighted by Gasteiger charge is -2.13. The van der Waals surface area contributed by atoms with Gasteiger partial charge in [-0.05, 0) is 49.7 Å². The highest BCUT2D eigenvalue weighted by molar-refractivity contribution is 6.44. The molecule has 2 aromatic carbocycles. The summed E-state index contributed by atoms with van der Waals surface area (Å²) in [5, 5.41) is 6.72. The molecule has 1 atom stereocenters. The van der Waals surface area contributed by atoms with Crippen LogP contribution in [-0.2, 0) is 4.79 Å². The van der Waals surface area contributed by atoms with Crippen LogP contribution in [0, 0.1) is 0 Å². The number of nitrogens with one attached hydrogen (secondary N) is 2. The first kappa shape index (κ1) is 19.7. The van der Waals surface area contributed by atoms with Gasteiger partial charge in [0, 0.05) is 5.69 Å². The molecule has 134 valence electrons. The molecule has 2 N–H and O–H groups in total. The van der Waals surface area contributed by atoms with E-state index in [0.717, 1.165) is 17.9 Å². The van der Waals surface area contributed by atoms with Crippen LogP contribution in [0.2, 0.25) is 15.1 Å². The number of hydrogen-bond acceptors (Lipinski definition) is 3. The minimum atomic E-state index is -0.250. The second kappa shape index (κ2) is 9.18. The Labute approximate surface area is 162 Å². The molecule has 4 nitrogen and oxygen atoms in total. The number of ether oxygens (including phenoxy) is 1. The molecule has 0 spiro atoms. The van der Waals surface area contributed by atoms with Gasteiger partial charge in [0.25, 0.3) is 0 Å². The van der Waals surface area contributed by atoms with E-state index in [1.165, 1.54) is 12.1 Å². The Morgan fingerprint density at radius 2 is 1.72 bits per heavy atom. The summed E-state index contributed by atoms with van der Waals surface area (Å²) < 4.78 is 5.71. The summed E-state index contributed by atoms with van der Waals surface area (Å²) in [6, 6.07) is 10.5. The Bertz CT molecular complexity index is 736. The van der Waals surface area contributed by atoms with E-state index in [2.05, 4.69) is 17.6 Å². The first-order chi connectivity index (χ1) is 11.9. The van der Waals surface area contributed by atoms with Crippen LogP contribution < -0.4 is 15.4 Å². The minimum Gasteiger partial charge on any atom is -0.491 e. The zero-order valence-electron chi connectivity index (χ0n) is 13.9.